The van der Waals surface area contributed by atoms with E-state index in [0.29, 0.717) is 12.5 Å². The molecule has 5 heteroatoms. The molecule has 0 fully saturated rings. The van der Waals surface area contributed by atoms with Gasteiger partial charge in [-0.05, 0) is 34.1 Å². The Morgan fingerprint density at radius 3 is 2.89 bits per heavy atom. The Morgan fingerprint density at radius 2 is 2.11 bits per heavy atom. The fraction of sp³-hybridized carbons (Fsp3) is 0.0769. The van der Waals surface area contributed by atoms with E-state index in [0.717, 1.165) is 16.0 Å². The van der Waals surface area contributed by atoms with Crippen molar-refractivity contribution in [3.63, 3.8) is 0 Å². The molecule has 0 aliphatic carbocycles. The molecule has 0 amide bonds. The van der Waals surface area contributed by atoms with E-state index in [9.17, 15) is 0 Å². The second-order valence-electron chi connectivity index (χ2n) is 3.54. The number of anilines is 3. The molecule has 4 nitrogen and oxygen atoms in total. The van der Waals surface area contributed by atoms with E-state index in [1.807, 2.05) is 30.3 Å². The molecule has 18 heavy (non-hydrogen) atoms. The van der Waals surface area contributed by atoms with Crippen molar-refractivity contribution in [3.8, 4) is 0 Å². The van der Waals surface area contributed by atoms with Crippen molar-refractivity contribution in [3.05, 3.63) is 53.7 Å². The van der Waals surface area contributed by atoms with Crippen molar-refractivity contribution in [1.29, 1.82) is 0 Å². The molecule has 2 aromatic rings. The molecule has 0 atom stereocenters. The van der Waals surface area contributed by atoms with Gasteiger partial charge in [-0.25, -0.2) is 4.98 Å². The molecular formula is C13H13BrN4. The highest BCUT2D eigenvalue weighted by atomic mass is 79.9. The monoisotopic (exact) mass is 304 g/mol. The van der Waals surface area contributed by atoms with Gasteiger partial charge < -0.3 is 10.6 Å². The first-order valence-corrected chi connectivity index (χ1v) is 6.28. The predicted molar refractivity (Wildman–Crippen MR) is 78.1 cm³/mol. The van der Waals surface area contributed by atoms with Crippen LogP contribution in [0.4, 0.5) is 17.5 Å². The summed E-state index contributed by atoms with van der Waals surface area (Å²) in [4.78, 5) is 8.52. The lowest BCUT2D eigenvalue weighted by molar-refractivity contribution is 1.14. The number of halogens is 1. The highest BCUT2D eigenvalue weighted by molar-refractivity contribution is 9.10. The van der Waals surface area contributed by atoms with Gasteiger partial charge in [0.15, 0.2) is 0 Å². The van der Waals surface area contributed by atoms with Crippen LogP contribution in [0.3, 0.4) is 0 Å². The van der Waals surface area contributed by atoms with Crippen LogP contribution in [-0.4, -0.2) is 16.5 Å². The van der Waals surface area contributed by atoms with Crippen molar-refractivity contribution in [1.82, 2.24) is 9.97 Å². The number of rotatable bonds is 5. The summed E-state index contributed by atoms with van der Waals surface area (Å²) in [6.07, 6.45) is 3.49. The minimum Gasteiger partial charge on any atom is -0.366 e. The third-order valence-corrected chi connectivity index (χ3v) is 2.89. The average Bonchev–Trinajstić information content (AvgIpc) is 2.40. The van der Waals surface area contributed by atoms with Crippen molar-refractivity contribution >= 4 is 33.4 Å². The van der Waals surface area contributed by atoms with Gasteiger partial charge in [-0.2, -0.15) is 4.98 Å². The summed E-state index contributed by atoms with van der Waals surface area (Å²) in [5.74, 6) is 1.32. The second-order valence-corrected chi connectivity index (χ2v) is 4.39. The van der Waals surface area contributed by atoms with E-state index < -0.39 is 0 Å². The maximum atomic E-state index is 4.34. The Bertz CT molecular complexity index is 542. The van der Waals surface area contributed by atoms with Gasteiger partial charge in [0.2, 0.25) is 5.95 Å². The fourth-order valence-corrected chi connectivity index (χ4v) is 1.76. The molecule has 0 radical (unpaired) electrons. The summed E-state index contributed by atoms with van der Waals surface area (Å²) in [5.41, 5.74) is 0.929. The summed E-state index contributed by atoms with van der Waals surface area (Å²) < 4.78 is 0.970. The van der Waals surface area contributed by atoms with Crippen LogP contribution in [0.25, 0.3) is 0 Å². The van der Waals surface area contributed by atoms with Gasteiger partial charge in [0.05, 0.1) is 5.69 Å². The SMILES string of the molecule is C=CCNc1ccnc(Nc2ccccc2Br)n1. The van der Waals surface area contributed by atoms with E-state index in [-0.39, 0.29) is 0 Å². The fourth-order valence-electron chi connectivity index (χ4n) is 1.38. The van der Waals surface area contributed by atoms with Crippen LogP contribution in [0.2, 0.25) is 0 Å². The highest BCUT2D eigenvalue weighted by Crippen LogP contribution is 2.23. The number of hydrogen-bond donors (Lipinski definition) is 2. The molecule has 0 unspecified atom stereocenters. The number of aromatic nitrogens is 2. The lowest BCUT2D eigenvalue weighted by atomic mass is 10.3. The smallest absolute Gasteiger partial charge is 0.229 e. The molecule has 0 aliphatic rings. The van der Waals surface area contributed by atoms with E-state index in [1.165, 1.54) is 0 Å². The molecule has 2 rings (SSSR count). The standard InChI is InChI=1S/C13H13BrN4/c1-2-8-15-12-7-9-16-13(18-12)17-11-6-4-3-5-10(11)14/h2-7,9H,1,8H2,(H2,15,16,17,18). The van der Waals surface area contributed by atoms with Gasteiger partial charge >= 0.3 is 0 Å². The molecule has 92 valence electrons. The molecule has 0 saturated carbocycles. The molecule has 1 heterocycles. The van der Waals surface area contributed by atoms with E-state index in [2.05, 4.69) is 43.1 Å². The first kappa shape index (κ1) is 12.6. The largest absolute Gasteiger partial charge is 0.366 e. The average molecular weight is 305 g/mol. The Morgan fingerprint density at radius 1 is 1.28 bits per heavy atom. The normalized spacial score (nSPS) is 9.83. The number of hydrogen-bond acceptors (Lipinski definition) is 4. The summed E-state index contributed by atoms with van der Waals surface area (Å²) in [5, 5.41) is 6.27. The van der Waals surface area contributed by atoms with Crippen LogP contribution in [0.1, 0.15) is 0 Å². The Kier molecular flexibility index (Phi) is 4.30. The lowest BCUT2D eigenvalue weighted by Gasteiger charge is -2.08. The molecule has 0 spiro atoms. The molecule has 0 saturated heterocycles. The van der Waals surface area contributed by atoms with Gasteiger partial charge in [-0.15, -0.1) is 6.58 Å². The lowest BCUT2D eigenvalue weighted by Crippen LogP contribution is -2.03. The van der Waals surface area contributed by atoms with Crippen LogP contribution >= 0.6 is 15.9 Å². The maximum Gasteiger partial charge on any atom is 0.229 e. The Labute approximate surface area is 114 Å². The van der Waals surface area contributed by atoms with Crippen LogP contribution in [0.15, 0.2) is 53.7 Å². The molecule has 0 bridgehead atoms. The van der Waals surface area contributed by atoms with E-state index in [4.69, 9.17) is 0 Å². The van der Waals surface area contributed by atoms with E-state index >= 15 is 0 Å². The third kappa shape index (κ3) is 3.30. The molecular weight excluding hydrogens is 292 g/mol. The zero-order chi connectivity index (χ0) is 12.8. The van der Waals surface area contributed by atoms with Crippen LogP contribution in [-0.2, 0) is 0 Å². The van der Waals surface area contributed by atoms with Crippen molar-refractivity contribution < 1.29 is 0 Å². The minimum atomic E-state index is 0.552. The van der Waals surface area contributed by atoms with Gasteiger partial charge in [-0.1, -0.05) is 18.2 Å². The van der Waals surface area contributed by atoms with Crippen LogP contribution in [0, 0.1) is 0 Å². The van der Waals surface area contributed by atoms with Gasteiger partial charge in [-0.3, -0.25) is 0 Å². The molecule has 1 aromatic carbocycles. The van der Waals surface area contributed by atoms with Gasteiger partial charge in [0, 0.05) is 17.2 Å². The number of nitrogens with one attached hydrogen (secondary N) is 2. The summed E-state index contributed by atoms with van der Waals surface area (Å²) in [7, 11) is 0. The first-order valence-electron chi connectivity index (χ1n) is 5.49. The number of para-hydroxylation sites is 1. The summed E-state index contributed by atoms with van der Waals surface area (Å²) in [6.45, 7) is 4.32. The Balaban J connectivity index is 2.14. The van der Waals surface area contributed by atoms with Gasteiger partial charge in [0.25, 0.3) is 0 Å². The predicted octanol–water partition coefficient (Wildman–Crippen LogP) is 3.58. The zero-order valence-corrected chi connectivity index (χ0v) is 11.3. The quantitative estimate of drug-likeness (QED) is 0.829. The van der Waals surface area contributed by atoms with E-state index in [1.54, 1.807) is 12.3 Å². The topological polar surface area (TPSA) is 49.8 Å². The first-order chi connectivity index (χ1) is 8.79. The van der Waals surface area contributed by atoms with Crippen LogP contribution < -0.4 is 10.6 Å². The summed E-state index contributed by atoms with van der Waals surface area (Å²) >= 11 is 3.47. The molecule has 0 aliphatic heterocycles. The van der Waals surface area contributed by atoms with Crippen molar-refractivity contribution in [2.75, 3.05) is 17.2 Å². The maximum absolute atomic E-state index is 4.34. The molecule has 2 N–H and O–H groups in total. The molecule has 1 aromatic heterocycles. The second kappa shape index (κ2) is 6.16. The number of nitrogens with zero attached hydrogens (tertiary/aromatic N) is 2. The summed E-state index contributed by atoms with van der Waals surface area (Å²) in [6, 6.07) is 9.64. The van der Waals surface area contributed by atoms with Crippen molar-refractivity contribution in [2.24, 2.45) is 0 Å². The Hall–Kier alpha value is -1.88. The van der Waals surface area contributed by atoms with Gasteiger partial charge in [0.1, 0.15) is 5.82 Å². The third-order valence-electron chi connectivity index (χ3n) is 2.20. The zero-order valence-electron chi connectivity index (χ0n) is 9.73. The van der Waals surface area contributed by atoms with Crippen LogP contribution in [0.5, 0.6) is 0 Å². The highest BCUT2D eigenvalue weighted by Gasteiger charge is 2.02. The number of benzene rings is 1. The van der Waals surface area contributed by atoms with Crippen molar-refractivity contribution in [2.45, 2.75) is 0 Å². The minimum absolute atomic E-state index is 0.552.